The molecular formula is C9H14N4O5. The zero-order valence-electron chi connectivity index (χ0n) is 9.28. The summed E-state index contributed by atoms with van der Waals surface area (Å²) in [6.45, 7) is -0.256. The van der Waals surface area contributed by atoms with E-state index in [4.69, 9.17) is 10.5 Å². The van der Waals surface area contributed by atoms with Crippen molar-refractivity contribution in [1.29, 1.82) is 0 Å². The van der Waals surface area contributed by atoms with E-state index in [2.05, 4.69) is 15.3 Å². The van der Waals surface area contributed by atoms with Gasteiger partial charge in [-0.1, -0.05) is 0 Å². The van der Waals surface area contributed by atoms with Crippen LogP contribution in [0.15, 0.2) is 12.4 Å². The van der Waals surface area contributed by atoms with Gasteiger partial charge in [-0.25, -0.2) is 4.98 Å². The number of carbonyl (C=O) groups is 1. The van der Waals surface area contributed by atoms with Gasteiger partial charge in [-0.2, -0.15) is 0 Å². The summed E-state index contributed by atoms with van der Waals surface area (Å²) in [5.74, 6) is -0.759. The fourth-order valence-corrected chi connectivity index (χ4v) is 1.76. The van der Waals surface area contributed by atoms with Crippen LogP contribution in [0.25, 0.3) is 0 Å². The molecule has 0 spiro atoms. The molecule has 0 saturated carbocycles. The van der Waals surface area contributed by atoms with Crippen LogP contribution in [0.1, 0.15) is 10.6 Å². The molecule has 2 rings (SSSR count). The molecule has 0 bridgehead atoms. The van der Waals surface area contributed by atoms with Crippen LogP contribution in [0.5, 0.6) is 0 Å². The molecule has 9 nitrogen and oxygen atoms in total. The first-order valence-electron chi connectivity index (χ1n) is 5.23. The van der Waals surface area contributed by atoms with Gasteiger partial charge in [-0.05, 0) is 0 Å². The lowest BCUT2D eigenvalue weighted by molar-refractivity contribution is -0.148. The van der Waals surface area contributed by atoms with Crippen molar-refractivity contribution in [2.24, 2.45) is 5.73 Å². The number of nitrogens with two attached hydrogens (primary N) is 1. The van der Waals surface area contributed by atoms with E-state index in [0.717, 1.165) is 0 Å². The minimum absolute atomic E-state index is 0.0350. The highest BCUT2D eigenvalue weighted by Crippen LogP contribution is 2.26. The van der Waals surface area contributed by atoms with E-state index < -0.39 is 30.1 Å². The van der Waals surface area contributed by atoms with Crippen LogP contribution in [-0.4, -0.2) is 62.0 Å². The highest BCUT2D eigenvalue weighted by Gasteiger charge is 2.54. The normalized spacial score (nSPS) is 33.3. The Labute approximate surface area is 102 Å². The van der Waals surface area contributed by atoms with Gasteiger partial charge in [0.05, 0.1) is 6.61 Å². The number of aromatic nitrogens is 2. The summed E-state index contributed by atoms with van der Waals surface area (Å²) in [6, 6.07) is 0. The van der Waals surface area contributed by atoms with Gasteiger partial charge < -0.3 is 36.1 Å². The average molecular weight is 258 g/mol. The first kappa shape index (κ1) is 12.9. The fourth-order valence-electron chi connectivity index (χ4n) is 1.76. The quantitative estimate of drug-likeness (QED) is 0.313. The smallest absolute Gasteiger partial charge is 0.289 e. The summed E-state index contributed by atoms with van der Waals surface area (Å²) in [7, 11) is 0. The van der Waals surface area contributed by atoms with Gasteiger partial charge in [0.25, 0.3) is 5.91 Å². The number of rotatable bonds is 3. The Morgan fingerprint density at radius 1 is 1.72 bits per heavy atom. The SMILES string of the molecule is NC(O)[C@@]1(NC(=O)c2ncc[nH]2)OC[C@H](O)[C@@H]1O. The predicted octanol–water partition coefficient (Wildman–Crippen LogP) is -3.14. The Kier molecular flexibility index (Phi) is 3.32. The van der Waals surface area contributed by atoms with Crippen molar-refractivity contribution in [3.8, 4) is 0 Å². The number of nitrogens with one attached hydrogen (secondary N) is 2. The second-order valence-corrected chi connectivity index (χ2v) is 3.95. The minimum atomic E-state index is -1.96. The maximum atomic E-state index is 11.8. The van der Waals surface area contributed by atoms with Crippen LogP contribution in [0.3, 0.4) is 0 Å². The second kappa shape index (κ2) is 4.63. The molecule has 1 aromatic heterocycles. The van der Waals surface area contributed by atoms with Crippen molar-refractivity contribution in [3.63, 3.8) is 0 Å². The lowest BCUT2D eigenvalue weighted by Gasteiger charge is -2.34. The summed E-state index contributed by atoms with van der Waals surface area (Å²) in [5, 5.41) is 30.9. The Balaban J connectivity index is 2.20. The van der Waals surface area contributed by atoms with Crippen LogP contribution in [0, 0.1) is 0 Å². The van der Waals surface area contributed by atoms with Gasteiger partial charge in [0.1, 0.15) is 12.2 Å². The summed E-state index contributed by atoms with van der Waals surface area (Å²) in [6.07, 6.45) is -1.71. The van der Waals surface area contributed by atoms with E-state index in [1.54, 1.807) is 0 Å². The number of aliphatic hydroxyl groups is 3. The molecular weight excluding hydrogens is 244 g/mol. The van der Waals surface area contributed by atoms with E-state index in [1.807, 2.05) is 0 Å². The number of amides is 1. The van der Waals surface area contributed by atoms with E-state index in [-0.39, 0.29) is 12.4 Å². The van der Waals surface area contributed by atoms with Gasteiger partial charge in [0.2, 0.25) is 5.72 Å². The maximum absolute atomic E-state index is 11.8. The standard InChI is InChI=1S/C9H14N4O5/c10-8(17)9(5(15)4(14)3-18-9)13-7(16)6-11-1-2-12-6/h1-2,4-5,8,14-15,17H,3,10H2,(H,11,12)(H,13,16)/t4-,5-,8?,9-/m0/s1. The lowest BCUT2D eigenvalue weighted by Crippen LogP contribution is -2.66. The molecule has 7 N–H and O–H groups in total. The number of nitrogens with zero attached hydrogens (tertiary/aromatic N) is 1. The molecule has 1 fully saturated rings. The third kappa shape index (κ3) is 1.98. The van der Waals surface area contributed by atoms with Crippen LogP contribution in [0.2, 0.25) is 0 Å². The predicted molar refractivity (Wildman–Crippen MR) is 56.9 cm³/mol. The Morgan fingerprint density at radius 3 is 2.89 bits per heavy atom. The van der Waals surface area contributed by atoms with E-state index in [9.17, 15) is 20.1 Å². The first-order valence-corrected chi connectivity index (χ1v) is 5.23. The third-order valence-corrected chi connectivity index (χ3v) is 2.76. The molecule has 9 heteroatoms. The monoisotopic (exact) mass is 258 g/mol. The molecule has 0 aromatic carbocycles. The molecule has 0 radical (unpaired) electrons. The number of ether oxygens (including phenoxy) is 1. The van der Waals surface area contributed by atoms with Crippen molar-refractivity contribution < 1.29 is 24.9 Å². The Morgan fingerprint density at radius 2 is 2.44 bits per heavy atom. The number of carbonyl (C=O) groups excluding carboxylic acids is 1. The molecule has 1 aliphatic heterocycles. The van der Waals surface area contributed by atoms with Crippen LogP contribution in [0.4, 0.5) is 0 Å². The molecule has 1 unspecified atom stereocenters. The first-order chi connectivity index (χ1) is 8.47. The van der Waals surface area contributed by atoms with Crippen molar-refractivity contribution in [3.05, 3.63) is 18.2 Å². The van der Waals surface area contributed by atoms with Crippen LogP contribution in [-0.2, 0) is 4.74 Å². The largest absolute Gasteiger partial charge is 0.388 e. The van der Waals surface area contributed by atoms with Crippen molar-refractivity contribution >= 4 is 5.91 Å². The number of imidazole rings is 1. The molecule has 4 atom stereocenters. The fraction of sp³-hybridized carbons (Fsp3) is 0.556. The number of aromatic amines is 1. The molecule has 1 amide bonds. The highest BCUT2D eigenvalue weighted by atomic mass is 16.6. The summed E-state index contributed by atoms with van der Waals surface area (Å²) < 4.78 is 5.05. The second-order valence-electron chi connectivity index (χ2n) is 3.95. The van der Waals surface area contributed by atoms with E-state index in [1.165, 1.54) is 12.4 Å². The molecule has 0 aliphatic carbocycles. The molecule has 1 saturated heterocycles. The zero-order valence-corrected chi connectivity index (χ0v) is 9.28. The highest BCUT2D eigenvalue weighted by molar-refractivity contribution is 5.91. The average Bonchev–Trinajstić information content (AvgIpc) is 2.93. The number of hydrogen-bond acceptors (Lipinski definition) is 7. The molecule has 1 aliphatic rings. The molecule has 2 heterocycles. The minimum Gasteiger partial charge on any atom is -0.388 e. The summed E-state index contributed by atoms with van der Waals surface area (Å²) >= 11 is 0. The van der Waals surface area contributed by atoms with Crippen molar-refractivity contribution in [2.45, 2.75) is 24.2 Å². The topological polar surface area (TPSA) is 154 Å². The Bertz CT molecular complexity index is 423. The van der Waals surface area contributed by atoms with E-state index >= 15 is 0 Å². The third-order valence-electron chi connectivity index (χ3n) is 2.76. The van der Waals surface area contributed by atoms with Gasteiger partial charge in [0.15, 0.2) is 12.1 Å². The van der Waals surface area contributed by atoms with Gasteiger partial charge in [-0.15, -0.1) is 0 Å². The number of hydrogen-bond donors (Lipinski definition) is 6. The van der Waals surface area contributed by atoms with Gasteiger partial charge in [-0.3, -0.25) is 4.79 Å². The number of aliphatic hydroxyl groups excluding tert-OH is 3. The maximum Gasteiger partial charge on any atom is 0.289 e. The van der Waals surface area contributed by atoms with Gasteiger partial charge in [0, 0.05) is 12.4 Å². The zero-order chi connectivity index (χ0) is 13.3. The van der Waals surface area contributed by atoms with Crippen molar-refractivity contribution in [2.75, 3.05) is 6.61 Å². The summed E-state index contributed by atoms with van der Waals surface area (Å²) in [4.78, 5) is 18.0. The van der Waals surface area contributed by atoms with E-state index in [0.29, 0.717) is 0 Å². The van der Waals surface area contributed by atoms with Crippen LogP contribution < -0.4 is 11.1 Å². The molecule has 100 valence electrons. The Hall–Kier alpha value is -1.52. The lowest BCUT2D eigenvalue weighted by atomic mass is 10.0. The van der Waals surface area contributed by atoms with Gasteiger partial charge >= 0.3 is 0 Å². The van der Waals surface area contributed by atoms with Crippen molar-refractivity contribution in [1.82, 2.24) is 15.3 Å². The molecule has 18 heavy (non-hydrogen) atoms. The number of H-pyrrole nitrogens is 1. The summed E-state index contributed by atoms with van der Waals surface area (Å²) in [5.41, 5.74) is 3.35. The van der Waals surface area contributed by atoms with Crippen LogP contribution >= 0.6 is 0 Å². The molecule has 1 aromatic rings.